The van der Waals surface area contributed by atoms with E-state index in [1.807, 2.05) is 6.08 Å². The van der Waals surface area contributed by atoms with E-state index in [1.165, 1.54) is 12.5 Å². The first-order valence-corrected chi connectivity index (χ1v) is 6.36. The topological polar surface area (TPSA) is 43.4 Å². The Balaban J connectivity index is 4.26. The Morgan fingerprint density at radius 1 is 0.944 bits per heavy atom. The maximum atomic E-state index is 10.9. The molecule has 18 heavy (non-hydrogen) atoms. The fraction of sp³-hybridized carbons (Fsp3) is 0.600. The van der Waals surface area contributed by atoms with Gasteiger partial charge in [-0.25, -0.2) is 0 Å². The zero-order valence-electron chi connectivity index (χ0n) is 11.9. The Morgan fingerprint density at radius 3 is 2.06 bits per heavy atom. The molecule has 0 aromatic rings. The molecule has 0 amide bonds. The number of hydrogen-bond donors (Lipinski definition) is 0. The minimum absolute atomic E-state index is 0.183. The highest BCUT2D eigenvalue weighted by Gasteiger charge is 2.01. The monoisotopic (exact) mass is 252 g/mol. The van der Waals surface area contributed by atoms with Crippen molar-refractivity contribution in [1.29, 1.82) is 0 Å². The molecule has 0 unspecified atom stereocenters. The third-order valence-corrected chi connectivity index (χ3v) is 2.41. The molecule has 0 aromatic carbocycles. The van der Waals surface area contributed by atoms with Crippen molar-refractivity contribution in [2.45, 2.75) is 53.4 Å². The van der Waals surface area contributed by atoms with Crippen LogP contribution in [0.3, 0.4) is 0 Å². The van der Waals surface area contributed by atoms with Crippen molar-refractivity contribution in [1.82, 2.24) is 0 Å². The van der Waals surface area contributed by atoms with Crippen LogP contribution in [0, 0.1) is 0 Å². The number of rotatable bonds is 8. The van der Waals surface area contributed by atoms with Gasteiger partial charge in [0.25, 0.3) is 0 Å². The second kappa shape index (κ2) is 9.63. The maximum Gasteiger partial charge on any atom is 0.302 e. The van der Waals surface area contributed by atoms with E-state index >= 15 is 0 Å². The molecule has 0 rings (SSSR count). The first-order chi connectivity index (χ1) is 8.41. The van der Waals surface area contributed by atoms with Gasteiger partial charge in [-0.2, -0.15) is 0 Å². The predicted octanol–water partition coefficient (Wildman–Crippen LogP) is 3.59. The summed E-state index contributed by atoms with van der Waals surface area (Å²) in [4.78, 5) is 21.7. The van der Waals surface area contributed by atoms with Crippen LogP contribution in [0.5, 0.6) is 0 Å². The van der Waals surface area contributed by atoms with Crippen molar-refractivity contribution in [3.63, 3.8) is 0 Å². The molecular formula is C15H24O3. The highest BCUT2D eigenvalue weighted by atomic mass is 16.5. The number of hydrogen-bond acceptors (Lipinski definition) is 3. The average Bonchev–Trinajstić information content (AvgIpc) is 2.24. The normalized spacial score (nSPS) is 11.0. The van der Waals surface area contributed by atoms with Crippen LogP contribution >= 0.6 is 0 Å². The third kappa shape index (κ3) is 11.1. The zero-order valence-corrected chi connectivity index (χ0v) is 11.9. The van der Waals surface area contributed by atoms with Crippen molar-refractivity contribution in [3.05, 3.63) is 23.3 Å². The summed E-state index contributed by atoms with van der Waals surface area (Å²) in [5.74, 6) is -0.0860. The number of ketones is 1. The number of carbonyl (C=O) groups excluding carboxylic acids is 2. The Bertz CT molecular complexity index is 334. The maximum absolute atomic E-state index is 10.9. The standard InChI is InChI=1S/C15H24O3/c1-12(2)7-5-9-15(11-18-14(4)17)10-6-8-13(3)16/h7,10H,5-6,8-9,11H2,1-4H3. The molecule has 0 spiro atoms. The molecule has 0 atom stereocenters. The summed E-state index contributed by atoms with van der Waals surface area (Å²) in [5.41, 5.74) is 2.37. The van der Waals surface area contributed by atoms with Gasteiger partial charge in [0.1, 0.15) is 12.4 Å². The first kappa shape index (κ1) is 16.6. The van der Waals surface area contributed by atoms with Crippen LogP contribution in [0.15, 0.2) is 23.3 Å². The summed E-state index contributed by atoms with van der Waals surface area (Å²) in [6.07, 6.45) is 7.26. The van der Waals surface area contributed by atoms with Crippen LogP contribution in [-0.4, -0.2) is 18.4 Å². The van der Waals surface area contributed by atoms with Crippen LogP contribution in [0.1, 0.15) is 53.4 Å². The molecule has 0 aromatic heterocycles. The van der Waals surface area contributed by atoms with Crippen molar-refractivity contribution < 1.29 is 14.3 Å². The summed E-state index contributed by atoms with van der Waals surface area (Å²) in [7, 11) is 0. The van der Waals surface area contributed by atoms with Crippen molar-refractivity contribution in [3.8, 4) is 0 Å². The van der Waals surface area contributed by atoms with Gasteiger partial charge >= 0.3 is 5.97 Å². The lowest BCUT2D eigenvalue weighted by Gasteiger charge is -2.07. The highest BCUT2D eigenvalue weighted by Crippen LogP contribution is 2.10. The molecule has 0 heterocycles. The lowest BCUT2D eigenvalue weighted by atomic mass is 10.1. The van der Waals surface area contributed by atoms with E-state index in [0.717, 1.165) is 24.8 Å². The summed E-state index contributed by atoms with van der Waals surface area (Å²) in [6.45, 7) is 7.45. The van der Waals surface area contributed by atoms with Crippen LogP contribution in [0.4, 0.5) is 0 Å². The number of Topliss-reactive ketones (excluding diaryl/α,β-unsaturated/α-hetero) is 1. The number of ether oxygens (including phenoxy) is 1. The molecule has 0 aliphatic rings. The van der Waals surface area contributed by atoms with E-state index in [0.29, 0.717) is 13.0 Å². The van der Waals surface area contributed by atoms with Gasteiger partial charge in [0, 0.05) is 13.3 Å². The molecule has 0 saturated heterocycles. The molecule has 0 aliphatic heterocycles. The summed E-state index contributed by atoms with van der Waals surface area (Å²) in [6, 6.07) is 0. The lowest BCUT2D eigenvalue weighted by Crippen LogP contribution is -2.03. The van der Waals surface area contributed by atoms with Crippen LogP contribution in [0.25, 0.3) is 0 Å². The second-order valence-electron chi connectivity index (χ2n) is 4.70. The molecule has 3 heteroatoms. The molecule has 102 valence electrons. The molecule has 0 bridgehead atoms. The van der Waals surface area contributed by atoms with Crippen LogP contribution in [-0.2, 0) is 14.3 Å². The molecule has 0 saturated carbocycles. The van der Waals surface area contributed by atoms with Gasteiger partial charge < -0.3 is 9.53 Å². The van der Waals surface area contributed by atoms with E-state index in [9.17, 15) is 9.59 Å². The minimum atomic E-state index is -0.269. The van der Waals surface area contributed by atoms with Gasteiger partial charge in [-0.3, -0.25) is 4.79 Å². The fourth-order valence-corrected chi connectivity index (χ4v) is 1.45. The molecule has 0 fully saturated rings. The van der Waals surface area contributed by atoms with E-state index < -0.39 is 0 Å². The van der Waals surface area contributed by atoms with E-state index in [1.54, 1.807) is 6.92 Å². The number of esters is 1. The van der Waals surface area contributed by atoms with Gasteiger partial charge in [0.15, 0.2) is 0 Å². The van der Waals surface area contributed by atoms with Crippen LogP contribution in [0.2, 0.25) is 0 Å². The lowest BCUT2D eigenvalue weighted by molar-refractivity contribution is -0.140. The SMILES string of the molecule is CC(=O)CCC=C(CCC=C(C)C)COC(C)=O. The van der Waals surface area contributed by atoms with Gasteiger partial charge in [0.05, 0.1) is 0 Å². The number of allylic oxidation sites excluding steroid dienone is 3. The first-order valence-electron chi connectivity index (χ1n) is 6.36. The summed E-state index contributed by atoms with van der Waals surface area (Å²) in [5, 5.41) is 0. The quantitative estimate of drug-likeness (QED) is 0.490. The predicted molar refractivity (Wildman–Crippen MR) is 73.3 cm³/mol. The Labute approximate surface area is 110 Å². The van der Waals surface area contributed by atoms with Crippen molar-refractivity contribution in [2.75, 3.05) is 6.61 Å². The Kier molecular flexibility index (Phi) is 8.89. The van der Waals surface area contributed by atoms with Crippen molar-refractivity contribution >= 4 is 11.8 Å². The molecule has 0 N–H and O–H groups in total. The summed E-state index contributed by atoms with van der Waals surface area (Å²) < 4.78 is 5.01. The van der Waals surface area contributed by atoms with E-state index in [-0.39, 0.29) is 11.8 Å². The third-order valence-electron chi connectivity index (χ3n) is 2.41. The Hall–Kier alpha value is -1.38. The molecular weight excluding hydrogens is 228 g/mol. The molecule has 0 aliphatic carbocycles. The number of carbonyl (C=O) groups is 2. The van der Waals surface area contributed by atoms with Crippen LogP contribution < -0.4 is 0 Å². The van der Waals surface area contributed by atoms with Gasteiger partial charge in [0.2, 0.25) is 0 Å². The summed E-state index contributed by atoms with van der Waals surface area (Å²) >= 11 is 0. The minimum Gasteiger partial charge on any atom is -0.461 e. The second-order valence-corrected chi connectivity index (χ2v) is 4.70. The van der Waals surface area contributed by atoms with Crippen molar-refractivity contribution in [2.24, 2.45) is 0 Å². The average molecular weight is 252 g/mol. The largest absolute Gasteiger partial charge is 0.461 e. The van der Waals surface area contributed by atoms with Gasteiger partial charge in [-0.05, 0) is 45.6 Å². The van der Waals surface area contributed by atoms with E-state index in [2.05, 4.69) is 19.9 Å². The molecule has 3 nitrogen and oxygen atoms in total. The fourth-order valence-electron chi connectivity index (χ4n) is 1.45. The smallest absolute Gasteiger partial charge is 0.302 e. The Morgan fingerprint density at radius 2 is 1.56 bits per heavy atom. The molecule has 0 radical (unpaired) electrons. The van der Waals surface area contributed by atoms with Gasteiger partial charge in [-0.1, -0.05) is 17.7 Å². The van der Waals surface area contributed by atoms with Gasteiger partial charge in [-0.15, -0.1) is 0 Å². The van der Waals surface area contributed by atoms with E-state index in [4.69, 9.17) is 4.74 Å². The zero-order chi connectivity index (χ0) is 14.0. The highest BCUT2D eigenvalue weighted by molar-refractivity contribution is 5.75.